The first-order valence-electron chi connectivity index (χ1n) is 9.77. The van der Waals surface area contributed by atoms with E-state index in [9.17, 15) is 8.42 Å². The van der Waals surface area contributed by atoms with Crippen LogP contribution >= 0.6 is 11.6 Å². The molecular weight excluding hydrogens is 386 g/mol. The van der Waals surface area contributed by atoms with Gasteiger partial charge < -0.3 is 4.74 Å². The molecule has 1 saturated heterocycles. The van der Waals surface area contributed by atoms with Crippen LogP contribution in [0.25, 0.3) is 0 Å². The summed E-state index contributed by atoms with van der Waals surface area (Å²) in [4.78, 5) is 2.26. The summed E-state index contributed by atoms with van der Waals surface area (Å²) >= 11 is 6.18. The number of benzene rings is 1. The molecule has 1 aliphatic heterocycles. The van der Waals surface area contributed by atoms with Gasteiger partial charge in [-0.1, -0.05) is 43.0 Å². The van der Waals surface area contributed by atoms with Crippen molar-refractivity contribution in [2.45, 2.75) is 44.2 Å². The highest BCUT2D eigenvalue weighted by Gasteiger charge is 2.30. The number of halogens is 1. The van der Waals surface area contributed by atoms with Crippen molar-refractivity contribution in [3.63, 3.8) is 0 Å². The van der Waals surface area contributed by atoms with Gasteiger partial charge in [0.15, 0.2) is 0 Å². The van der Waals surface area contributed by atoms with Crippen LogP contribution in [0.15, 0.2) is 24.3 Å². The van der Waals surface area contributed by atoms with Crippen LogP contribution in [0.5, 0.6) is 0 Å². The second-order valence-corrected chi connectivity index (χ2v) is 9.63. The van der Waals surface area contributed by atoms with E-state index in [1.165, 1.54) is 10.7 Å². The van der Waals surface area contributed by atoms with Crippen molar-refractivity contribution in [3.05, 3.63) is 34.9 Å². The van der Waals surface area contributed by atoms with Gasteiger partial charge in [0.1, 0.15) is 0 Å². The van der Waals surface area contributed by atoms with Gasteiger partial charge in [-0.15, -0.1) is 0 Å². The van der Waals surface area contributed by atoms with Crippen molar-refractivity contribution in [1.82, 2.24) is 13.9 Å². The minimum atomic E-state index is -3.52. The summed E-state index contributed by atoms with van der Waals surface area (Å²) in [6.07, 6.45) is 5.29. The number of hydrogen-bond acceptors (Lipinski definition) is 4. The summed E-state index contributed by atoms with van der Waals surface area (Å²) in [6.45, 7) is 3.19. The molecular formula is C19H30ClN3O3S. The van der Waals surface area contributed by atoms with E-state index in [0.717, 1.165) is 44.3 Å². The fourth-order valence-corrected chi connectivity index (χ4v) is 5.36. The van der Waals surface area contributed by atoms with Crippen LogP contribution in [-0.2, 0) is 14.9 Å². The summed E-state index contributed by atoms with van der Waals surface area (Å²) < 4.78 is 35.6. The Kier molecular flexibility index (Phi) is 7.53. The van der Waals surface area contributed by atoms with E-state index in [-0.39, 0.29) is 12.1 Å². The number of morpholine rings is 1. The molecule has 1 aromatic rings. The molecule has 1 aromatic carbocycles. The molecule has 0 spiro atoms. The third-order valence-corrected chi connectivity index (χ3v) is 7.47. The standard InChI is InChI=1S/C19H30ClN3O3S/c1-22(18-8-3-2-4-9-18)27(24,25)21-15-19(23-10-12-26-13-11-23)16-6-5-7-17(20)14-16/h5-7,14,18-19,21H,2-4,8-13,15H2,1H3. The molecule has 8 heteroatoms. The van der Waals surface area contributed by atoms with Gasteiger partial charge in [0.25, 0.3) is 10.2 Å². The van der Waals surface area contributed by atoms with Crippen LogP contribution in [0.2, 0.25) is 5.02 Å². The van der Waals surface area contributed by atoms with Crippen molar-refractivity contribution in [2.75, 3.05) is 39.9 Å². The first kappa shape index (κ1) is 21.0. The second-order valence-electron chi connectivity index (χ2n) is 7.38. The van der Waals surface area contributed by atoms with Gasteiger partial charge in [0.05, 0.1) is 13.2 Å². The summed E-state index contributed by atoms with van der Waals surface area (Å²) in [6, 6.07) is 7.70. The molecule has 2 fully saturated rings. The predicted octanol–water partition coefficient (Wildman–Crippen LogP) is 2.81. The third-order valence-electron chi connectivity index (χ3n) is 5.65. The fourth-order valence-electron chi connectivity index (χ4n) is 3.99. The highest BCUT2D eigenvalue weighted by Crippen LogP contribution is 2.26. The van der Waals surface area contributed by atoms with E-state index in [0.29, 0.717) is 24.8 Å². The lowest BCUT2D eigenvalue weighted by Gasteiger charge is -2.36. The van der Waals surface area contributed by atoms with Gasteiger partial charge in [-0.3, -0.25) is 4.90 Å². The van der Waals surface area contributed by atoms with Crippen LogP contribution in [0.3, 0.4) is 0 Å². The summed E-state index contributed by atoms with van der Waals surface area (Å²) in [5.74, 6) is 0. The monoisotopic (exact) mass is 415 g/mol. The van der Waals surface area contributed by atoms with Crippen LogP contribution in [0, 0.1) is 0 Å². The SMILES string of the molecule is CN(C1CCCCC1)S(=O)(=O)NCC(c1cccc(Cl)c1)N1CCOCC1. The van der Waals surface area contributed by atoms with Crippen molar-refractivity contribution in [1.29, 1.82) is 0 Å². The molecule has 3 rings (SSSR count). The molecule has 1 atom stereocenters. The average molecular weight is 416 g/mol. The maximum Gasteiger partial charge on any atom is 0.279 e. The smallest absolute Gasteiger partial charge is 0.279 e. The molecule has 1 unspecified atom stereocenters. The quantitative estimate of drug-likeness (QED) is 0.743. The van der Waals surface area contributed by atoms with E-state index in [2.05, 4.69) is 9.62 Å². The van der Waals surface area contributed by atoms with Crippen molar-refractivity contribution >= 4 is 21.8 Å². The van der Waals surface area contributed by atoms with E-state index in [1.807, 2.05) is 24.3 Å². The highest BCUT2D eigenvalue weighted by atomic mass is 35.5. The third kappa shape index (κ3) is 5.65. The Bertz CT molecular complexity index is 704. The van der Waals surface area contributed by atoms with Gasteiger partial charge in [0.2, 0.25) is 0 Å². The maximum absolute atomic E-state index is 12.9. The number of hydrogen-bond donors (Lipinski definition) is 1. The Morgan fingerprint density at radius 2 is 1.96 bits per heavy atom. The minimum Gasteiger partial charge on any atom is -0.379 e. The Morgan fingerprint density at radius 3 is 2.63 bits per heavy atom. The lowest BCUT2D eigenvalue weighted by atomic mass is 9.96. The van der Waals surface area contributed by atoms with Gasteiger partial charge in [-0.25, -0.2) is 4.72 Å². The molecule has 6 nitrogen and oxygen atoms in total. The molecule has 1 heterocycles. The molecule has 152 valence electrons. The Morgan fingerprint density at radius 1 is 1.26 bits per heavy atom. The number of nitrogens with one attached hydrogen (secondary N) is 1. The van der Waals surface area contributed by atoms with E-state index < -0.39 is 10.2 Å². The summed E-state index contributed by atoms with van der Waals surface area (Å²) in [7, 11) is -1.82. The molecule has 0 bridgehead atoms. The van der Waals surface area contributed by atoms with Crippen LogP contribution < -0.4 is 4.72 Å². The molecule has 1 saturated carbocycles. The number of rotatable bonds is 7. The van der Waals surface area contributed by atoms with E-state index >= 15 is 0 Å². The molecule has 0 radical (unpaired) electrons. The Hall–Kier alpha value is -0.700. The molecule has 2 aliphatic rings. The summed E-state index contributed by atoms with van der Waals surface area (Å²) in [5.41, 5.74) is 1.02. The lowest BCUT2D eigenvalue weighted by Crippen LogP contribution is -2.48. The van der Waals surface area contributed by atoms with Gasteiger partial charge in [-0.05, 0) is 30.5 Å². The molecule has 1 N–H and O–H groups in total. The molecule has 0 aromatic heterocycles. The molecule has 0 amide bonds. The lowest BCUT2D eigenvalue weighted by molar-refractivity contribution is 0.0171. The van der Waals surface area contributed by atoms with Gasteiger partial charge in [-0.2, -0.15) is 12.7 Å². The average Bonchev–Trinajstić information content (AvgIpc) is 2.69. The topological polar surface area (TPSA) is 61.9 Å². The molecule has 1 aliphatic carbocycles. The second kappa shape index (κ2) is 9.67. The zero-order valence-electron chi connectivity index (χ0n) is 15.9. The van der Waals surface area contributed by atoms with E-state index in [1.54, 1.807) is 7.05 Å². The first-order valence-corrected chi connectivity index (χ1v) is 11.6. The van der Waals surface area contributed by atoms with E-state index in [4.69, 9.17) is 16.3 Å². The molecule has 27 heavy (non-hydrogen) atoms. The number of nitrogens with zero attached hydrogens (tertiary/aromatic N) is 2. The van der Waals surface area contributed by atoms with Gasteiger partial charge >= 0.3 is 0 Å². The summed E-state index contributed by atoms with van der Waals surface area (Å²) in [5, 5.41) is 0.660. The normalized spacial score (nSPS) is 21.4. The fraction of sp³-hybridized carbons (Fsp3) is 0.684. The predicted molar refractivity (Wildman–Crippen MR) is 108 cm³/mol. The Balaban J connectivity index is 1.71. The zero-order chi connectivity index (χ0) is 19.3. The van der Waals surface area contributed by atoms with Gasteiger partial charge in [0, 0.05) is 43.8 Å². The first-order chi connectivity index (χ1) is 13.0. The van der Waals surface area contributed by atoms with Crippen LogP contribution in [-0.4, -0.2) is 63.6 Å². The van der Waals surface area contributed by atoms with Crippen molar-refractivity contribution in [2.24, 2.45) is 0 Å². The highest BCUT2D eigenvalue weighted by molar-refractivity contribution is 7.87. The van der Waals surface area contributed by atoms with Crippen molar-refractivity contribution in [3.8, 4) is 0 Å². The Labute approximate surface area is 168 Å². The number of ether oxygens (including phenoxy) is 1. The largest absolute Gasteiger partial charge is 0.379 e. The minimum absolute atomic E-state index is 0.0675. The van der Waals surface area contributed by atoms with Crippen molar-refractivity contribution < 1.29 is 13.2 Å². The van der Waals surface area contributed by atoms with Crippen LogP contribution in [0.1, 0.15) is 43.7 Å². The van der Waals surface area contributed by atoms with Crippen LogP contribution in [0.4, 0.5) is 0 Å². The maximum atomic E-state index is 12.9. The zero-order valence-corrected chi connectivity index (χ0v) is 17.5.